The van der Waals surface area contributed by atoms with Gasteiger partial charge in [0, 0.05) is 6.42 Å². The highest BCUT2D eigenvalue weighted by Crippen LogP contribution is 2.34. The van der Waals surface area contributed by atoms with Crippen LogP contribution in [-0.4, -0.2) is 76.4 Å². The van der Waals surface area contributed by atoms with E-state index in [4.69, 9.17) is 25.1 Å². The minimum absolute atomic E-state index is 0.0245. The minimum Gasteiger partial charge on any atom is -0.465 e. The van der Waals surface area contributed by atoms with E-state index in [2.05, 4.69) is 0 Å². The highest BCUT2D eigenvalue weighted by molar-refractivity contribution is 5.78. The van der Waals surface area contributed by atoms with E-state index in [-0.39, 0.29) is 13.0 Å². The van der Waals surface area contributed by atoms with Gasteiger partial charge in [-0.15, -0.1) is 0 Å². The molecule has 0 aliphatic carbocycles. The number of aliphatic hydroxyl groups is 4. The van der Waals surface area contributed by atoms with Crippen LogP contribution in [-0.2, 0) is 25.6 Å². The van der Waals surface area contributed by atoms with Crippen LogP contribution in [0.4, 0.5) is 0 Å². The van der Waals surface area contributed by atoms with Crippen LogP contribution in [0, 0.1) is 0 Å². The summed E-state index contributed by atoms with van der Waals surface area (Å²) in [4.78, 5) is 12.4. The van der Waals surface area contributed by atoms with E-state index >= 15 is 0 Å². The molecule has 0 saturated carbocycles. The Balaban J connectivity index is 2.26. The summed E-state index contributed by atoms with van der Waals surface area (Å²) in [5.74, 6) is -2.92. The van der Waals surface area contributed by atoms with E-state index in [0.29, 0.717) is 0 Å². The van der Waals surface area contributed by atoms with Crippen molar-refractivity contribution in [3.05, 3.63) is 35.9 Å². The summed E-state index contributed by atoms with van der Waals surface area (Å²) in [7, 11) is 1.13. The van der Waals surface area contributed by atoms with E-state index in [1.54, 1.807) is 24.3 Å². The van der Waals surface area contributed by atoms with E-state index in [1.165, 1.54) is 0 Å². The number of hydrogen-bond donors (Lipinski definition) is 5. The monoisotopic (exact) mass is 371 g/mol. The van der Waals surface area contributed by atoms with Gasteiger partial charge in [0.25, 0.3) is 5.79 Å². The molecule has 1 fully saturated rings. The molecule has 1 aliphatic heterocycles. The fourth-order valence-electron chi connectivity index (χ4n) is 2.81. The van der Waals surface area contributed by atoms with E-state index < -0.39 is 48.8 Å². The average Bonchev–Trinajstić information content (AvgIpc) is 2.67. The fourth-order valence-corrected chi connectivity index (χ4v) is 2.81. The summed E-state index contributed by atoms with van der Waals surface area (Å²) in [6.07, 6.45) is -6.17. The lowest BCUT2D eigenvalue weighted by Gasteiger charge is -2.45. The molecule has 1 heterocycles. The summed E-state index contributed by atoms with van der Waals surface area (Å²) in [5.41, 5.74) is 6.60. The van der Waals surface area contributed by atoms with Crippen LogP contribution in [0.15, 0.2) is 30.3 Å². The van der Waals surface area contributed by atoms with E-state index in [0.717, 1.165) is 12.7 Å². The third kappa shape index (κ3) is 4.38. The van der Waals surface area contributed by atoms with Crippen LogP contribution in [0.5, 0.6) is 0 Å². The molecule has 0 amide bonds. The van der Waals surface area contributed by atoms with Gasteiger partial charge in [-0.2, -0.15) is 0 Å². The number of ether oxygens (including phenoxy) is 3. The lowest BCUT2D eigenvalue weighted by atomic mass is 9.89. The highest BCUT2D eigenvalue weighted by Gasteiger charge is 2.55. The predicted molar refractivity (Wildman–Crippen MR) is 88.5 cm³/mol. The normalized spacial score (nSPS) is 31.2. The molecule has 1 aromatic rings. The largest absolute Gasteiger partial charge is 0.465 e. The van der Waals surface area contributed by atoms with Crippen molar-refractivity contribution < 1.29 is 39.4 Å². The third-order valence-electron chi connectivity index (χ3n) is 4.36. The molecule has 0 unspecified atom stereocenters. The van der Waals surface area contributed by atoms with Gasteiger partial charge >= 0.3 is 5.97 Å². The topological polar surface area (TPSA) is 152 Å². The molecule has 0 bridgehead atoms. The summed E-state index contributed by atoms with van der Waals surface area (Å²) in [6.45, 7) is -0.775. The molecule has 9 nitrogen and oxygen atoms in total. The summed E-state index contributed by atoms with van der Waals surface area (Å²) < 4.78 is 16.0. The second-order valence-corrected chi connectivity index (χ2v) is 6.19. The van der Waals surface area contributed by atoms with Crippen molar-refractivity contribution in [3.8, 4) is 0 Å². The Labute approximate surface area is 150 Å². The first-order valence-corrected chi connectivity index (χ1v) is 8.19. The molecule has 1 aromatic carbocycles. The van der Waals surface area contributed by atoms with Crippen molar-refractivity contribution in [1.29, 1.82) is 0 Å². The fraction of sp³-hybridized carbons (Fsp3) is 0.588. The highest BCUT2D eigenvalue weighted by atomic mass is 16.7. The number of methoxy groups -OCH3 is 1. The van der Waals surface area contributed by atoms with Crippen molar-refractivity contribution in [3.63, 3.8) is 0 Å². The molecular weight excluding hydrogens is 346 g/mol. The lowest BCUT2D eigenvalue weighted by molar-refractivity contribution is -0.314. The maximum absolute atomic E-state index is 12.4. The Morgan fingerprint density at radius 3 is 2.62 bits per heavy atom. The van der Waals surface area contributed by atoms with Gasteiger partial charge in [-0.05, 0) is 5.56 Å². The second-order valence-electron chi connectivity index (χ2n) is 6.19. The Kier molecular flexibility index (Phi) is 7.07. The Hall–Kier alpha value is -1.59. The van der Waals surface area contributed by atoms with Crippen LogP contribution in [0.2, 0.25) is 0 Å². The van der Waals surface area contributed by atoms with Crippen LogP contribution in [0.25, 0.3) is 0 Å². The van der Waals surface area contributed by atoms with Crippen LogP contribution >= 0.6 is 0 Å². The molecule has 2 rings (SSSR count). The summed E-state index contributed by atoms with van der Waals surface area (Å²) in [5, 5.41) is 39.2. The first-order chi connectivity index (χ1) is 12.3. The van der Waals surface area contributed by atoms with Gasteiger partial charge in [0.15, 0.2) is 0 Å². The molecule has 1 saturated heterocycles. The zero-order valence-corrected chi connectivity index (χ0v) is 14.4. The molecular formula is C17H25NO8. The molecule has 1 aliphatic rings. The molecule has 0 spiro atoms. The first-order valence-electron chi connectivity index (χ1n) is 8.19. The molecule has 6 atom stereocenters. The van der Waals surface area contributed by atoms with E-state index in [1.807, 2.05) is 6.07 Å². The van der Waals surface area contributed by atoms with Gasteiger partial charge in [-0.3, -0.25) is 0 Å². The summed E-state index contributed by atoms with van der Waals surface area (Å²) in [6, 6.07) is 7.85. The number of carbonyl (C=O) groups is 1. The van der Waals surface area contributed by atoms with Crippen LogP contribution < -0.4 is 5.73 Å². The molecule has 146 valence electrons. The van der Waals surface area contributed by atoms with Gasteiger partial charge in [0.1, 0.15) is 18.3 Å². The number of benzene rings is 1. The quantitative estimate of drug-likeness (QED) is 0.352. The smallest absolute Gasteiger partial charge is 0.366 e. The Morgan fingerprint density at radius 1 is 1.38 bits per heavy atom. The van der Waals surface area contributed by atoms with Crippen LogP contribution in [0.3, 0.4) is 0 Å². The van der Waals surface area contributed by atoms with Gasteiger partial charge in [-0.25, -0.2) is 4.79 Å². The number of esters is 1. The maximum atomic E-state index is 12.4. The van der Waals surface area contributed by atoms with Gasteiger partial charge in [0.05, 0.1) is 32.5 Å². The second kappa shape index (κ2) is 8.87. The van der Waals surface area contributed by atoms with Crippen LogP contribution in [0.1, 0.15) is 12.0 Å². The minimum atomic E-state index is -2.01. The molecule has 26 heavy (non-hydrogen) atoms. The SMILES string of the molecule is COC(=O)[C@@]1(OCc2ccccc2)C[C@H](O)[C@@H](N)[C@H]([C@H](O)[C@H](O)CO)O1. The number of rotatable bonds is 7. The Morgan fingerprint density at radius 2 is 2.04 bits per heavy atom. The average molecular weight is 371 g/mol. The van der Waals surface area contributed by atoms with Crippen molar-refractivity contribution in [2.24, 2.45) is 5.73 Å². The third-order valence-corrected chi connectivity index (χ3v) is 4.36. The van der Waals surface area contributed by atoms with Crippen molar-refractivity contribution in [2.45, 2.75) is 49.3 Å². The maximum Gasteiger partial charge on any atom is 0.366 e. The van der Waals surface area contributed by atoms with E-state index in [9.17, 15) is 20.1 Å². The Bertz CT molecular complexity index is 585. The van der Waals surface area contributed by atoms with Gasteiger partial charge < -0.3 is 40.4 Å². The molecule has 0 aromatic heterocycles. The van der Waals surface area contributed by atoms with Gasteiger partial charge in [-0.1, -0.05) is 30.3 Å². The zero-order valence-electron chi connectivity index (χ0n) is 14.4. The standard InChI is InChI=1S/C17H25NO8/c1-24-16(23)17(25-9-10-5-3-2-4-6-10)7-11(20)13(18)15(26-17)14(22)12(21)8-19/h2-6,11-15,19-22H,7-9,18H2,1H3/t11-,12+,13+,14+,15+,17+/m0/s1. The predicted octanol–water partition coefficient (Wildman–Crippen LogP) is -1.74. The molecule has 6 N–H and O–H groups in total. The number of aliphatic hydroxyl groups excluding tert-OH is 4. The molecule has 0 radical (unpaired) electrons. The van der Waals surface area contributed by atoms with Gasteiger partial charge in [0.2, 0.25) is 0 Å². The molecule has 9 heteroatoms. The van der Waals surface area contributed by atoms with Crippen molar-refractivity contribution in [1.82, 2.24) is 0 Å². The first kappa shape index (κ1) is 20.7. The van der Waals surface area contributed by atoms with Crippen molar-refractivity contribution >= 4 is 5.97 Å². The number of carbonyl (C=O) groups excluding carboxylic acids is 1. The number of hydrogen-bond acceptors (Lipinski definition) is 9. The summed E-state index contributed by atoms with van der Waals surface area (Å²) >= 11 is 0. The number of nitrogens with two attached hydrogens (primary N) is 1. The van der Waals surface area contributed by atoms with Crippen molar-refractivity contribution in [2.75, 3.05) is 13.7 Å². The lowest BCUT2D eigenvalue weighted by Crippen LogP contribution is -2.66. The zero-order chi connectivity index (χ0) is 19.3.